The fourth-order valence-electron chi connectivity index (χ4n) is 2.32. The Kier molecular flexibility index (Phi) is 16.5. The van der Waals surface area contributed by atoms with Crippen molar-refractivity contribution in [2.24, 2.45) is 0 Å². The van der Waals surface area contributed by atoms with Gasteiger partial charge in [-0.3, -0.25) is 9.59 Å². The van der Waals surface area contributed by atoms with Gasteiger partial charge in [-0.05, 0) is 18.6 Å². The maximum atomic E-state index is 11.7. The van der Waals surface area contributed by atoms with Crippen LogP contribution < -0.4 is 5.32 Å². The number of hydrogen-bond acceptors (Lipinski definition) is 8. The first-order chi connectivity index (χ1) is 15.6. The largest absolute Gasteiger partial charge is 0.481 e. The minimum atomic E-state index is -0.985. The molecule has 10 nitrogen and oxygen atoms in total. The van der Waals surface area contributed by atoms with Crippen molar-refractivity contribution < 1.29 is 43.2 Å². The molecule has 0 atom stereocenters. The number of carbonyl (C=O) groups is 3. The fourth-order valence-corrected chi connectivity index (χ4v) is 2.32. The molecule has 0 fully saturated rings. The van der Waals surface area contributed by atoms with Gasteiger partial charge in [0, 0.05) is 19.6 Å². The van der Waals surface area contributed by atoms with Crippen LogP contribution >= 0.6 is 0 Å². The topological polar surface area (TPSA) is 130 Å². The number of carboxylic acids is 1. The second-order valence-corrected chi connectivity index (χ2v) is 6.55. The number of carbonyl (C=O) groups excluding carboxylic acids is 2. The molecule has 1 aromatic carbocycles. The van der Waals surface area contributed by atoms with Crippen molar-refractivity contribution in [1.82, 2.24) is 5.32 Å². The molecule has 0 aromatic heterocycles. The zero-order valence-electron chi connectivity index (χ0n) is 18.3. The van der Waals surface area contributed by atoms with Crippen LogP contribution in [0.4, 0.5) is 0 Å². The summed E-state index contributed by atoms with van der Waals surface area (Å²) in [6.45, 7) is 4.02. The summed E-state index contributed by atoms with van der Waals surface area (Å²) in [5.41, 5.74) is 0.514. The molecule has 0 aliphatic heterocycles. The van der Waals surface area contributed by atoms with Crippen LogP contribution in [-0.4, -0.2) is 89.0 Å². The molecule has 1 amide bonds. The predicted octanol–water partition coefficient (Wildman–Crippen LogP) is 1.28. The molecule has 0 aliphatic carbocycles. The summed E-state index contributed by atoms with van der Waals surface area (Å²) >= 11 is 0. The van der Waals surface area contributed by atoms with E-state index < -0.39 is 5.97 Å². The second-order valence-electron chi connectivity index (χ2n) is 6.55. The number of ether oxygens (including phenoxy) is 5. The van der Waals surface area contributed by atoms with Crippen molar-refractivity contribution in [3.63, 3.8) is 0 Å². The van der Waals surface area contributed by atoms with Crippen LogP contribution in [0.1, 0.15) is 29.6 Å². The van der Waals surface area contributed by atoms with Crippen molar-refractivity contribution in [2.75, 3.05) is 66.0 Å². The fraction of sp³-hybridized carbons (Fsp3) is 0.591. The van der Waals surface area contributed by atoms with Gasteiger partial charge in [0.15, 0.2) is 0 Å². The first-order valence-electron chi connectivity index (χ1n) is 10.6. The third-order valence-corrected chi connectivity index (χ3v) is 3.94. The SMILES string of the molecule is O=C(O)CCC(=O)NCCCOCCOCCOCCOCCOC(=O)c1ccccc1. The Morgan fingerprint density at radius 2 is 1.25 bits per heavy atom. The summed E-state index contributed by atoms with van der Waals surface area (Å²) in [4.78, 5) is 33.3. The Labute approximate surface area is 188 Å². The summed E-state index contributed by atoms with van der Waals surface area (Å²) in [6, 6.07) is 8.78. The minimum Gasteiger partial charge on any atom is -0.481 e. The molecular weight excluding hydrogens is 422 g/mol. The van der Waals surface area contributed by atoms with Gasteiger partial charge in [-0.1, -0.05) is 18.2 Å². The van der Waals surface area contributed by atoms with E-state index in [0.717, 1.165) is 0 Å². The highest BCUT2D eigenvalue weighted by atomic mass is 16.6. The molecule has 1 rings (SSSR count). The van der Waals surface area contributed by atoms with Crippen molar-refractivity contribution >= 4 is 17.8 Å². The molecule has 2 N–H and O–H groups in total. The van der Waals surface area contributed by atoms with Crippen LogP contribution in [0.3, 0.4) is 0 Å². The van der Waals surface area contributed by atoms with Crippen LogP contribution in [0.5, 0.6) is 0 Å². The molecule has 0 radical (unpaired) electrons. The van der Waals surface area contributed by atoms with E-state index in [-0.39, 0.29) is 31.3 Å². The quantitative estimate of drug-likeness (QED) is 0.221. The lowest BCUT2D eigenvalue weighted by atomic mass is 10.2. The number of amides is 1. The van der Waals surface area contributed by atoms with E-state index in [1.165, 1.54) is 0 Å². The van der Waals surface area contributed by atoms with Gasteiger partial charge < -0.3 is 34.1 Å². The van der Waals surface area contributed by atoms with E-state index in [0.29, 0.717) is 71.4 Å². The van der Waals surface area contributed by atoms with Gasteiger partial charge in [0.25, 0.3) is 0 Å². The average molecular weight is 456 g/mol. The molecular formula is C22H33NO9. The highest BCUT2D eigenvalue weighted by Crippen LogP contribution is 2.00. The van der Waals surface area contributed by atoms with Gasteiger partial charge in [-0.2, -0.15) is 0 Å². The van der Waals surface area contributed by atoms with Crippen molar-refractivity contribution in [2.45, 2.75) is 19.3 Å². The predicted molar refractivity (Wildman–Crippen MR) is 114 cm³/mol. The Balaban J connectivity index is 1.75. The molecule has 180 valence electrons. The second kappa shape index (κ2) is 19.2. The van der Waals surface area contributed by atoms with Crippen LogP contribution in [0.25, 0.3) is 0 Å². The summed E-state index contributed by atoms with van der Waals surface area (Å²) in [5.74, 6) is -1.62. The number of benzene rings is 1. The molecule has 0 spiro atoms. The highest BCUT2D eigenvalue weighted by molar-refractivity contribution is 5.89. The standard InChI is InChI=1S/C22H33NO9/c24-20(7-8-21(25)26)23-9-4-10-28-11-12-29-13-14-30-15-16-31-17-18-32-22(27)19-5-2-1-3-6-19/h1-3,5-6H,4,7-18H2,(H,23,24)(H,25,26). The lowest BCUT2D eigenvalue weighted by Crippen LogP contribution is -2.25. The maximum Gasteiger partial charge on any atom is 0.338 e. The van der Waals surface area contributed by atoms with E-state index in [1.807, 2.05) is 6.07 Å². The molecule has 1 aromatic rings. The van der Waals surface area contributed by atoms with Crippen molar-refractivity contribution in [1.29, 1.82) is 0 Å². The third-order valence-electron chi connectivity index (χ3n) is 3.94. The molecule has 10 heteroatoms. The first-order valence-corrected chi connectivity index (χ1v) is 10.6. The van der Waals surface area contributed by atoms with E-state index in [1.54, 1.807) is 24.3 Å². The Bertz CT molecular complexity index is 640. The third kappa shape index (κ3) is 16.2. The van der Waals surface area contributed by atoms with Crippen molar-refractivity contribution in [3.05, 3.63) is 35.9 Å². The van der Waals surface area contributed by atoms with Gasteiger partial charge in [-0.25, -0.2) is 4.79 Å². The van der Waals surface area contributed by atoms with Crippen molar-refractivity contribution in [3.8, 4) is 0 Å². The lowest BCUT2D eigenvalue weighted by Gasteiger charge is -2.08. The Hall–Kier alpha value is -2.53. The minimum absolute atomic E-state index is 0.0115. The lowest BCUT2D eigenvalue weighted by molar-refractivity contribution is -0.138. The molecule has 0 unspecified atom stereocenters. The molecule has 32 heavy (non-hydrogen) atoms. The number of carboxylic acid groups (broad SMARTS) is 1. The number of esters is 1. The summed E-state index contributed by atoms with van der Waals surface area (Å²) in [5, 5.41) is 11.1. The number of rotatable bonds is 20. The normalized spacial score (nSPS) is 10.6. The van der Waals surface area contributed by atoms with Crippen LogP contribution in [0.2, 0.25) is 0 Å². The van der Waals surface area contributed by atoms with E-state index in [4.69, 9.17) is 28.8 Å². The molecule has 0 saturated heterocycles. The average Bonchev–Trinajstić information content (AvgIpc) is 2.80. The van der Waals surface area contributed by atoms with Gasteiger partial charge in [0.1, 0.15) is 6.61 Å². The van der Waals surface area contributed by atoms with Gasteiger partial charge in [0.05, 0.1) is 58.2 Å². The molecule has 0 saturated carbocycles. The molecule has 0 aliphatic rings. The Morgan fingerprint density at radius 3 is 1.81 bits per heavy atom. The highest BCUT2D eigenvalue weighted by Gasteiger charge is 2.05. The van der Waals surface area contributed by atoms with Gasteiger partial charge >= 0.3 is 11.9 Å². The zero-order chi connectivity index (χ0) is 23.3. The van der Waals surface area contributed by atoms with Crippen LogP contribution in [0.15, 0.2) is 30.3 Å². The number of nitrogens with one attached hydrogen (secondary N) is 1. The molecule has 0 bridgehead atoms. The van der Waals surface area contributed by atoms with E-state index in [2.05, 4.69) is 5.32 Å². The smallest absolute Gasteiger partial charge is 0.338 e. The number of hydrogen-bond donors (Lipinski definition) is 2. The summed E-state index contributed by atoms with van der Waals surface area (Å²) < 4.78 is 26.5. The van der Waals surface area contributed by atoms with Gasteiger partial charge in [0.2, 0.25) is 5.91 Å². The van der Waals surface area contributed by atoms with Crippen LogP contribution in [0, 0.1) is 0 Å². The first kappa shape index (κ1) is 27.5. The van der Waals surface area contributed by atoms with Gasteiger partial charge in [-0.15, -0.1) is 0 Å². The van der Waals surface area contributed by atoms with Crippen LogP contribution in [-0.2, 0) is 33.3 Å². The summed E-state index contributed by atoms with van der Waals surface area (Å²) in [7, 11) is 0. The Morgan fingerprint density at radius 1 is 0.719 bits per heavy atom. The molecule has 0 heterocycles. The van der Waals surface area contributed by atoms with E-state index >= 15 is 0 Å². The maximum absolute atomic E-state index is 11.7. The number of aliphatic carboxylic acids is 1. The monoisotopic (exact) mass is 455 g/mol. The van der Waals surface area contributed by atoms with E-state index in [9.17, 15) is 14.4 Å². The zero-order valence-corrected chi connectivity index (χ0v) is 18.3. The summed E-state index contributed by atoms with van der Waals surface area (Å²) in [6.07, 6.45) is 0.471.